The minimum Gasteiger partial charge on any atom is -0.497 e. The normalized spacial score (nSPS) is 22.7. The summed E-state index contributed by atoms with van der Waals surface area (Å²) < 4.78 is 5.34. The molecule has 1 aromatic carbocycles. The standard InChI is InChI=1S/C18H30N2O/c1-6-7-15-12-20(18(11-19-15)13(2)3)17-9-8-16(21-5)10-14(17)4/h8-10,13,15,18-19H,6-7,11-12H2,1-5H3. The van der Waals surface area contributed by atoms with Crippen LogP contribution in [0.1, 0.15) is 39.2 Å². The quantitative estimate of drug-likeness (QED) is 0.896. The predicted octanol–water partition coefficient (Wildman–Crippen LogP) is 3.61. The van der Waals surface area contributed by atoms with Crippen molar-refractivity contribution in [2.24, 2.45) is 5.92 Å². The van der Waals surface area contributed by atoms with Gasteiger partial charge < -0.3 is 15.0 Å². The summed E-state index contributed by atoms with van der Waals surface area (Å²) in [7, 11) is 1.73. The zero-order chi connectivity index (χ0) is 15.4. The largest absolute Gasteiger partial charge is 0.497 e. The number of piperazine rings is 1. The molecule has 1 aliphatic heterocycles. The lowest BCUT2D eigenvalue weighted by molar-refractivity contribution is 0.327. The number of hydrogen-bond donors (Lipinski definition) is 1. The maximum absolute atomic E-state index is 5.34. The van der Waals surface area contributed by atoms with Crippen molar-refractivity contribution in [2.75, 3.05) is 25.1 Å². The van der Waals surface area contributed by atoms with Gasteiger partial charge in [-0.05, 0) is 43.0 Å². The third kappa shape index (κ3) is 3.70. The number of nitrogens with zero attached hydrogens (tertiary/aromatic N) is 1. The monoisotopic (exact) mass is 290 g/mol. The Morgan fingerprint density at radius 1 is 1.38 bits per heavy atom. The maximum Gasteiger partial charge on any atom is 0.119 e. The molecule has 0 amide bonds. The number of ether oxygens (including phenoxy) is 1. The molecular formula is C18H30N2O. The minimum absolute atomic E-state index is 0.560. The van der Waals surface area contributed by atoms with E-state index in [1.54, 1.807) is 7.11 Å². The summed E-state index contributed by atoms with van der Waals surface area (Å²) in [5, 5.41) is 3.73. The molecule has 1 N–H and O–H groups in total. The molecule has 0 spiro atoms. The van der Waals surface area contributed by atoms with E-state index in [-0.39, 0.29) is 0 Å². The van der Waals surface area contributed by atoms with E-state index in [9.17, 15) is 0 Å². The van der Waals surface area contributed by atoms with Gasteiger partial charge in [0.25, 0.3) is 0 Å². The fourth-order valence-corrected chi connectivity index (χ4v) is 3.33. The van der Waals surface area contributed by atoms with Gasteiger partial charge in [-0.1, -0.05) is 27.2 Å². The van der Waals surface area contributed by atoms with Gasteiger partial charge in [0.05, 0.1) is 7.11 Å². The van der Waals surface area contributed by atoms with Crippen LogP contribution in [0, 0.1) is 12.8 Å². The first kappa shape index (κ1) is 16.2. The lowest BCUT2D eigenvalue weighted by Crippen LogP contribution is -2.58. The van der Waals surface area contributed by atoms with Crippen LogP contribution in [0.5, 0.6) is 5.75 Å². The molecular weight excluding hydrogens is 260 g/mol. The van der Waals surface area contributed by atoms with Crippen molar-refractivity contribution < 1.29 is 4.74 Å². The summed E-state index contributed by atoms with van der Waals surface area (Å²) in [6, 6.07) is 7.61. The lowest BCUT2D eigenvalue weighted by Gasteiger charge is -2.44. The molecule has 2 unspecified atom stereocenters. The van der Waals surface area contributed by atoms with Gasteiger partial charge in [-0.2, -0.15) is 0 Å². The SMILES string of the molecule is CCCC1CN(c2ccc(OC)cc2C)C(C(C)C)CN1. The van der Waals surface area contributed by atoms with E-state index in [0.717, 1.165) is 18.8 Å². The summed E-state index contributed by atoms with van der Waals surface area (Å²) in [4.78, 5) is 2.61. The average Bonchev–Trinajstić information content (AvgIpc) is 2.47. The van der Waals surface area contributed by atoms with E-state index >= 15 is 0 Å². The predicted molar refractivity (Wildman–Crippen MR) is 90.4 cm³/mol. The number of aryl methyl sites for hydroxylation is 1. The molecule has 0 aliphatic carbocycles. The van der Waals surface area contributed by atoms with Crippen molar-refractivity contribution >= 4 is 5.69 Å². The number of hydrogen-bond acceptors (Lipinski definition) is 3. The van der Waals surface area contributed by atoms with E-state index in [4.69, 9.17) is 4.74 Å². The first-order valence-electron chi connectivity index (χ1n) is 8.21. The Bertz CT molecular complexity index is 459. The molecule has 1 aromatic rings. The van der Waals surface area contributed by atoms with Crippen molar-refractivity contribution in [3.8, 4) is 5.75 Å². The van der Waals surface area contributed by atoms with Crippen LogP contribution < -0.4 is 15.0 Å². The molecule has 0 radical (unpaired) electrons. The highest BCUT2D eigenvalue weighted by Crippen LogP contribution is 2.30. The van der Waals surface area contributed by atoms with Crippen molar-refractivity contribution in [3.63, 3.8) is 0 Å². The third-order valence-electron chi connectivity index (χ3n) is 4.55. The highest BCUT2D eigenvalue weighted by atomic mass is 16.5. The van der Waals surface area contributed by atoms with Crippen LogP contribution in [0.15, 0.2) is 18.2 Å². The zero-order valence-electron chi connectivity index (χ0n) is 14.1. The second-order valence-corrected chi connectivity index (χ2v) is 6.51. The Hall–Kier alpha value is -1.22. The fourth-order valence-electron chi connectivity index (χ4n) is 3.33. The van der Waals surface area contributed by atoms with Gasteiger partial charge in [0, 0.05) is 30.9 Å². The summed E-state index contributed by atoms with van der Waals surface area (Å²) in [6.07, 6.45) is 2.48. The molecule has 0 bridgehead atoms. The van der Waals surface area contributed by atoms with Crippen LogP contribution in [-0.2, 0) is 0 Å². The number of rotatable bonds is 5. The molecule has 0 aromatic heterocycles. The zero-order valence-corrected chi connectivity index (χ0v) is 14.1. The highest BCUT2D eigenvalue weighted by Gasteiger charge is 2.30. The van der Waals surface area contributed by atoms with Crippen LogP contribution in [0.2, 0.25) is 0 Å². The molecule has 1 saturated heterocycles. The van der Waals surface area contributed by atoms with Crippen LogP contribution in [0.25, 0.3) is 0 Å². The maximum atomic E-state index is 5.34. The second kappa shape index (κ2) is 7.17. The van der Waals surface area contributed by atoms with E-state index < -0.39 is 0 Å². The summed E-state index contributed by atoms with van der Waals surface area (Å²) in [5.41, 5.74) is 2.66. The fraction of sp³-hybridized carbons (Fsp3) is 0.667. The average molecular weight is 290 g/mol. The van der Waals surface area contributed by atoms with E-state index in [2.05, 4.69) is 56.1 Å². The second-order valence-electron chi connectivity index (χ2n) is 6.51. The summed E-state index contributed by atoms with van der Waals surface area (Å²) in [5.74, 6) is 1.58. The van der Waals surface area contributed by atoms with E-state index in [1.165, 1.54) is 24.1 Å². The Morgan fingerprint density at radius 3 is 2.71 bits per heavy atom. The molecule has 1 heterocycles. The first-order valence-corrected chi connectivity index (χ1v) is 8.21. The highest BCUT2D eigenvalue weighted by molar-refractivity contribution is 5.57. The number of anilines is 1. The molecule has 21 heavy (non-hydrogen) atoms. The molecule has 1 fully saturated rings. The molecule has 1 aliphatic rings. The smallest absolute Gasteiger partial charge is 0.119 e. The van der Waals surface area contributed by atoms with Gasteiger partial charge in [-0.15, -0.1) is 0 Å². The van der Waals surface area contributed by atoms with Gasteiger partial charge >= 0.3 is 0 Å². The molecule has 3 heteroatoms. The summed E-state index contributed by atoms with van der Waals surface area (Å²) in [6.45, 7) is 11.3. The van der Waals surface area contributed by atoms with Crippen molar-refractivity contribution in [3.05, 3.63) is 23.8 Å². The van der Waals surface area contributed by atoms with Crippen molar-refractivity contribution in [1.82, 2.24) is 5.32 Å². The number of benzene rings is 1. The van der Waals surface area contributed by atoms with Crippen molar-refractivity contribution in [1.29, 1.82) is 0 Å². The van der Waals surface area contributed by atoms with Gasteiger partial charge in [0.1, 0.15) is 5.75 Å². The van der Waals surface area contributed by atoms with Crippen LogP contribution in [0.3, 0.4) is 0 Å². The summed E-state index contributed by atoms with van der Waals surface area (Å²) >= 11 is 0. The van der Waals surface area contributed by atoms with Gasteiger partial charge in [-0.25, -0.2) is 0 Å². The number of nitrogens with one attached hydrogen (secondary N) is 1. The van der Waals surface area contributed by atoms with Gasteiger partial charge in [0.15, 0.2) is 0 Å². The molecule has 118 valence electrons. The van der Waals surface area contributed by atoms with Gasteiger partial charge in [-0.3, -0.25) is 0 Å². The molecule has 2 rings (SSSR count). The Morgan fingerprint density at radius 2 is 2.14 bits per heavy atom. The number of methoxy groups -OCH3 is 1. The topological polar surface area (TPSA) is 24.5 Å². The minimum atomic E-state index is 0.560. The Balaban J connectivity index is 2.26. The van der Waals surface area contributed by atoms with Gasteiger partial charge in [0.2, 0.25) is 0 Å². The molecule has 2 atom stereocenters. The van der Waals surface area contributed by atoms with Crippen molar-refractivity contribution in [2.45, 2.75) is 52.6 Å². The molecule has 3 nitrogen and oxygen atoms in total. The Labute approximate surface area is 129 Å². The third-order valence-corrected chi connectivity index (χ3v) is 4.55. The van der Waals surface area contributed by atoms with E-state index in [0.29, 0.717) is 18.0 Å². The molecule has 0 saturated carbocycles. The van der Waals surface area contributed by atoms with Crippen LogP contribution >= 0.6 is 0 Å². The van der Waals surface area contributed by atoms with Crippen LogP contribution in [-0.4, -0.2) is 32.3 Å². The lowest BCUT2D eigenvalue weighted by atomic mass is 9.95. The first-order chi connectivity index (χ1) is 10.1. The van der Waals surface area contributed by atoms with E-state index in [1.807, 2.05) is 0 Å². The Kier molecular flexibility index (Phi) is 5.51. The van der Waals surface area contributed by atoms with Crippen LogP contribution in [0.4, 0.5) is 5.69 Å².